The molecule has 1 aliphatic rings. The van der Waals surface area contributed by atoms with Gasteiger partial charge in [0.1, 0.15) is 5.82 Å². The molecule has 1 aromatic carbocycles. The molecule has 0 saturated carbocycles. The normalized spacial score (nSPS) is 15.1. The van der Waals surface area contributed by atoms with Crippen molar-refractivity contribution in [2.75, 3.05) is 13.1 Å². The van der Waals surface area contributed by atoms with Crippen LogP contribution in [0.15, 0.2) is 55.0 Å². The SMILES string of the molecule is Cc1cnc(CN2CCC(NC(=O)c3ccc(-c4cccc(F)c4)nc3)CC2)cn1. The first-order valence-corrected chi connectivity index (χ1v) is 10.1. The van der Waals surface area contributed by atoms with Crippen molar-refractivity contribution < 1.29 is 9.18 Å². The lowest BCUT2D eigenvalue weighted by molar-refractivity contribution is 0.0908. The van der Waals surface area contributed by atoms with E-state index < -0.39 is 0 Å². The summed E-state index contributed by atoms with van der Waals surface area (Å²) in [6.07, 6.45) is 6.93. The Morgan fingerprint density at radius 1 is 1.10 bits per heavy atom. The summed E-state index contributed by atoms with van der Waals surface area (Å²) in [5, 5.41) is 3.10. The van der Waals surface area contributed by atoms with Crippen LogP contribution in [-0.2, 0) is 6.54 Å². The van der Waals surface area contributed by atoms with Gasteiger partial charge in [0.25, 0.3) is 5.91 Å². The Hall–Kier alpha value is -3.19. The molecular formula is C23H24FN5O. The van der Waals surface area contributed by atoms with Gasteiger partial charge in [-0.1, -0.05) is 12.1 Å². The number of rotatable bonds is 5. The Labute approximate surface area is 175 Å². The molecule has 1 fully saturated rings. The second kappa shape index (κ2) is 9.09. The van der Waals surface area contributed by atoms with E-state index in [1.807, 2.05) is 13.1 Å². The number of aryl methyl sites for hydroxylation is 1. The van der Waals surface area contributed by atoms with Crippen LogP contribution in [0.1, 0.15) is 34.6 Å². The summed E-state index contributed by atoms with van der Waals surface area (Å²) >= 11 is 0. The maximum atomic E-state index is 13.4. The number of aromatic nitrogens is 3. The highest BCUT2D eigenvalue weighted by molar-refractivity contribution is 5.94. The monoisotopic (exact) mass is 405 g/mol. The molecule has 0 atom stereocenters. The van der Waals surface area contributed by atoms with Crippen LogP contribution in [0.4, 0.5) is 4.39 Å². The van der Waals surface area contributed by atoms with Crippen LogP contribution in [0.25, 0.3) is 11.3 Å². The van der Waals surface area contributed by atoms with Crippen molar-refractivity contribution in [3.8, 4) is 11.3 Å². The number of likely N-dealkylation sites (tertiary alicyclic amines) is 1. The van der Waals surface area contributed by atoms with Crippen molar-refractivity contribution in [2.45, 2.75) is 32.4 Å². The number of nitrogens with zero attached hydrogens (tertiary/aromatic N) is 4. The lowest BCUT2D eigenvalue weighted by Gasteiger charge is -2.32. The van der Waals surface area contributed by atoms with Gasteiger partial charge < -0.3 is 5.32 Å². The molecule has 154 valence electrons. The molecule has 0 radical (unpaired) electrons. The third kappa shape index (κ3) is 5.04. The zero-order chi connectivity index (χ0) is 20.9. The summed E-state index contributed by atoms with van der Waals surface area (Å²) in [4.78, 5) is 27.9. The molecule has 4 rings (SSSR count). The molecule has 0 bridgehead atoms. The number of hydrogen-bond donors (Lipinski definition) is 1. The maximum Gasteiger partial charge on any atom is 0.253 e. The van der Waals surface area contributed by atoms with Crippen LogP contribution < -0.4 is 5.32 Å². The van der Waals surface area contributed by atoms with E-state index in [1.165, 1.54) is 12.1 Å². The predicted octanol–water partition coefficient (Wildman–Crippen LogP) is 3.38. The number of carbonyl (C=O) groups excluding carboxylic acids is 1. The number of piperidine rings is 1. The molecule has 6 nitrogen and oxygen atoms in total. The molecule has 7 heteroatoms. The number of benzene rings is 1. The highest BCUT2D eigenvalue weighted by atomic mass is 19.1. The predicted molar refractivity (Wildman–Crippen MR) is 112 cm³/mol. The minimum absolute atomic E-state index is 0.129. The summed E-state index contributed by atoms with van der Waals surface area (Å²) < 4.78 is 13.4. The summed E-state index contributed by atoms with van der Waals surface area (Å²) in [6, 6.07) is 9.87. The van der Waals surface area contributed by atoms with E-state index in [0.29, 0.717) is 16.8 Å². The fraction of sp³-hybridized carbons (Fsp3) is 0.304. The summed E-state index contributed by atoms with van der Waals surface area (Å²) in [5.41, 5.74) is 3.71. The third-order valence-corrected chi connectivity index (χ3v) is 5.29. The van der Waals surface area contributed by atoms with Gasteiger partial charge in [-0.3, -0.25) is 24.6 Å². The van der Waals surface area contributed by atoms with Crippen LogP contribution >= 0.6 is 0 Å². The van der Waals surface area contributed by atoms with E-state index in [-0.39, 0.29) is 17.8 Å². The first-order valence-electron chi connectivity index (χ1n) is 10.1. The number of carbonyl (C=O) groups is 1. The zero-order valence-electron chi connectivity index (χ0n) is 16.9. The Bertz CT molecular complexity index is 999. The first kappa shape index (κ1) is 20.1. The van der Waals surface area contributed by atoms with Crippen molar-refractivity contribution >= 4 is 5.91 Å². The number of halogens is 1. The first-order chi connectivity index (χ1) is 14.6. The van der Waals surface area contributed by atoms with Gasteiger partial charge in [-0.05, 0) is 44.0 Å². The molecule has 3 heterocycles. The number of hydrogen-bond acceptors (Lipinski definition) is 5. The minimum atomic E-state index is -0.308. The lowest BCUT2D eigenvalue weighted by Crippen LogP contribution is -2.44. The van der Waals surface area contributed by atoms with E-state index in [4.69, 9.17) is 0 Å². The number of nitrogens with one attached hydrogen (secondary N) is 1. The second-order valence-electron chi connectivity index (χ2n) is 7.62. The van der Waals surface area contributed by atoms with Crippen molar-refractivity contribution in [1.29, 1.82) is 0 Å². The molecule has 1 aliphatic heterocycles. The molecule has 1 amide bonds. The number of amides is 1. The Balaban J connectivity index is 1.29. The van der Waals surface area contributed by atoms with Crippen molar-refractivity contribution in [3.63, 3.8) is 0 Å². The largest absolute Gasteiger partial charge is 0.349 e. The van der Waals surface area contributed by atoms with Crippen LogP contribution in [0, 0.1) is 12.7 Å². The molecule has 30 heavy (non-hydrogen) atoms. The third-order valence-electron chi connectivity index (χ3n) is 5.29. The smallest absolute Gasteiger partial charge is 0.253 e. The van der Waals surface area contributed by atoms with E-state index in [2.05, 4.69) is 25.2 Å². The van der Waals surface area contributed by atoms with Gasteiger partial charge in [0.05, 0.1) is 22.6 Å². The van der Waals surface area contributed by atoms with E-state index >= 15 is 0 Å². The Morgan fingerprint density at radius 2 is 1.93 bits per heavy atom. The van der Waals surface area contributed by atoms with Gasteiger partial charge in [0.2, 0.25) is 0 Å². The molecule has 0 unspecified atom stereocenters. The number of pyridine rings is 1. The van der Waals surface area contributed by atoms with Crippen LogP contribution in [-0.4, -0.2) is 44.9 Å². The topological polar surface area (TPSA) is 71.0 Å². The van der Waals surface area contributed by atoms with Gasteiger partial charge in [0, 0.05) is 49.8 Å². The highest BCUT2D eigenvalue weighted by Crippen LogP contribution is 2.18. The molecule has 1 saturated heterocycles. The molecule has 3 aromatic rings. The van der Waals surface area contributed by atoms with Crippen molar-refractivity contribution in [2.24, 2.45) is 0 Å². The van der Waals surface area contributed by atoms with E-state index in [9.17, 15) is 9.18 Å². The highest BCUT2D eigenvalue weighted by Gasteiger charge is 2.21. The molecule has 2 aromatic heterocycles. The standard InChI is InChI=1S/C23H24FN5O/c1-16-12-26-21(14-25-16)15-29-9-7-20(8-10-29)28-23(30)18-5-6-22(27-13-18)17-3-2-4-19(24)11-17/h2-6,11-14,20H,7-10,15H2,1H3,(H,28,30). The maximum absolute atomic E-state index is 13.4. The van der Waals surface area contributed by atoms with Crippen LogP contribution in [0.2, 0.25) is 0 Å². The molecular weight excluding hydrogens is 381 g/mol. The molecule has 0 spiro atoms. The van der Waals surface area contributed by atoms with Gasteiger partial charge >= 0.3 is 0 Å². The fourth-order valence-electron chi connectivity index (χ4n) is 3.58. The summed E-state index contributed by atoms with van der Waals surface area (Å²) in [5.74, 6) is -0.437. The van der Waals surface area contributed by atoms with E-state index in [0.717, 1.165) is 43.9 Å². The lowest BCUT2D eigenvalue weighted by atomic mass is 10.0. The van der Waals surface area contributed by atoms with Gasteiger partial charge in [-0.25, -0.2) is 4.39 Å². The zero-order valence-corrected chi connectivity index (χ0v) is 16.9. The van der Waals surface area contributed by atoms with Crippen molar-refractivity contribution in [3.05, 3.63) is 77.8 Å². The summed E-state index contributed by atoms with van der Waals surface area (Å²) in [6.45, 7) is 4.50. The average molecular weight is 405 g/mol. The van der Waals surface area contributed by atoms with E-state index in [1.54, 1.807) is 36.7 Å². The fourth-order valence-corrected chi connectivity index (χ4v) is 3.58. The van der Waals surface area contributed by atoms with Crippen LogP contribution in [0.5, 0.6) is 0 Å². The average Bonchev–Trinajstić information content (AvgIpc) is 2.77. The molecule has 1 N–H and O–H groups in total. The molecule has 0 aliphatic carbocycles. The van der Waals surface area contributed by atoms with Crippen molar-refractivity contribution in [1.82, 2.24) is 25.2 Å². The Kier molecular flexibility index (Phi) is 6.09. The summed E-state index contributed by atoms with van der Waals surface area (Å²) in [7, 11) is 0. The van der Waals surface area contributed by atoms with Gasteiger partial charge in [0.15, 0.2) is 0 Å². The van der Waals surface area contributed by atoms with Gasteiger partial charge in [-0.15, -0.1) is 0 Å². The van der Waals surface area contributed by atoms with Crippen LogP contribution in [0.3, 0.4) is 0 Å². The minimum Gasteiger partial charge on any atom is -0.349 e. The van der Waals surface area contributed by atoms with Gasteiger partial charge in [-0.2, -0.15) is 0 Å². The second-order valence-corrected chi connectivity index (χ2v) is 7.62. The quantitative estimate of drug-likeness (QED) is 0.705. The Morgan fingerprint density at radius 3 is 2.60 bits per heavy atom.